The lowest BCUT2D eigenvalue weighted by Gasteiger charge is -2.06. The Morgan fingerprint density at radius 3 is 2.60 bits per heavy atom. The standard InChI is InChI=1S/C8H16N2/c1-10-8(9)6-7-4-2-3-5-7/h7H,2-6H2,1H3,(H2,9,10). The molecule has 1 fully saturated rings. The maximum absolute atomic E-state index is 5.60. The van der Waals surface area contributed by atoms with Crippen LogP contribution in [0.15, 0.2) is 4.99 Å². The van der Waals surface area contributed by atoms with Crippen molar-refractivity contribution in [3.8, 4) is 0 Å². The number of nitrogens with two attached hydrogens (primary N) is 1. The van der Waals surface area contributed by atoms with E-state index in [4.69, 9.17) is 5.73 Å². The molecular formula is C8H16N2. The van der Waals surface area contributed by atoms with Crippen LogP contribution in [-0.4, -0.2) is 12.9 Å². The molecule has 1 saturated carbocycles. The van der Waals surface area contributed by atoms with E-state index in [1.54, 1.807) is 7.05 Å². The maximum atomic E-state index is 5.60. The zero-order valence-electron chi connectivity index (χ0n) is 6.64. The van der Waals surface area contributed by atoms with Gasteiger partial charge in [-0.2, -0.15) is 0 Å². The van der Waals surface area contributed by atoms with Crippen LogP contribution in [0, 0.1) is 5.92 Å². The van der Waals surface area contributed by atoms with Crippen molar-refractivity contribution in [1.82, 2.24) is 0 Å². The maximum Gasteiger partial charge on any atom is 0.0936 e. The summed E-state index contributed by atoms with van der Waals surface area (Å²) in [5.74, 6) is 1.66. The van der Waals surface area contributed by atoms with Gasteiger partial charge in [-0.25, -0.2) is 0 Å². The van der Waals surface area contributed by atoms with E-state index in [0.29, 0.717) is 0 Å². The van der Waals surface area contributed by atoms with E-state index in [9.17, 15) is 0 Å². The van der Waals surface area contributed by atoms with Crippen molar-refractivity contribution in [1.29, 1.82) is 0 Å². The highest BCUT2D eigenvalue weighted by molar-refractivity contribution is 5.80. The molecule has 0 aromatic rings. The Morgan fingerprint density at radius 2 is 2.10 bits per heavy atom. The van der Waals surface area contributed by atoms with Gasteiger partial charge in [0, 0.05) is 13.5 Å². The van der Waals surface area contributed by atoms with E-state index >= 15 is 0 Å². The van der Waals surface area contributed by atoms with Crippen LogP contribution in [0.25, 0.3) is 0 Å². The van der Waals surface area contributed by atoms with Crippen molar-refractivity contribution in [2.75, 3.05) is 7.05 Å². The lowest BCUT2D eigenvalue weighted by Crippen LogP contribution is -2.15. The summed E-state index contributed by atoms with van der Waals surface area (Å²) >= 11 is 0. The van der Waals surface area contributed by atoms with Crippen LogP contribution in [0.4, 0.5) is 0 Å². The van der Waals surface area contributed by atoms with Gasteiger partial charge in [0.2, 0.25) is 0 Å². The highest BCUT2D eigenvalue weighted by Crippen LogP contribution is 2.27. The van der Waals surface area contributed by atoms with Crippen molar-refractivity contribution in [3.05, 3.63) is 0 Å². The van der Waals surface area contributed by atoms with Crippen molar-refractivity contribution >= 4 is 5.84 Å². The normalized spacial score (nSPS) is 21.9. The second-order valence-electron chi connectivity index (χ2n) is 3.07. The summed E-state index contributed by atoms with van der Waals surface area (Å²) < 4.78 is 0. The van der Waals surface area contributed by atoms with Crippen LogP contribution in [0.1, 0.15) is 32.1 Å². The topological polar surface area (TPSA) is 38.4 Å². The molecule has 58 valence electrons. The minimum atomic E-state index is 0.826. The predicted molar refractivity (Wildman–Crippen MR) is 44.1 cm³/mol. The molecule has 0 saturated heterocycles. The second kappa shape index (κ2) is 3.59. The van der Waals surface area contributed by atoms with Gasteiger partial charge in [0.1, 0.15) is 0 Å². The highest BCUT2D eigenvalue weighted by atomic mass is 14.8. The molecule has 0 atom stereocenters. The molecule has 0 heterocycles. The summed E-state index contributed by atoms with van der Waals surface area (Å²) in [6.45, 7) is 0. The zero-order chi connectivity index (χ0) is 7.40. The van der Waals surface area contributed by atoms with Gasteiger partial charge in [0.25, 0.3) is 0 Å². The molecule has 2 heteroatoms. The summed E-state index contributed by atoms with van der Waals surface area (Å²) in [6.07, 6.45) is 6.52. The Labute approximate surface area is 62.5 Å². The molecule has 1 rings (SSSR count). The Kier molecular flexibility index (Phi) is 2.72. The van der Waals surface area contributed by atoms with Crippen LogP contribution < -0.4 is 5.73 Å². The van der Waals surface area contributed by atoms with Crippen LogP contribution in [0.3, 0.4) is 0 Å². The van der Waals surface area contributed by atoms with Crippen molar-refractivity contribution in [2.45, 2.75) is 32.1 Å². The molecule has 1 aliphatic rings. The lowest BCUT2D eigenvalue weighted by atomic mass is 10.0. The molecule has 0 bridgehead atoms. The van der Waals surface area contributed by atoms with Crippen LogP contribution in [-0.2, 0) is 0 Å². The van der Waals surface area contributed by atoms with Gasteiger partial charge < -0.3 is 5.73 Å². The van der Waals surface area contributed by atoms with Gasteiger partial charge in [-0.1, -0.05) is 25.7 Å². The molecule has 10 heavy (non-hydrogen) atoms. The minimum absolute atomic E-state index is 0.826. The fraction of sp³-hybridized carbons (Fsp3) is 0.875. The summed E-state index contributed by atoms with van der Waals surface area (Å²) in [4.78, 5) is 3.95. The Balaban J connectivity index is 2.24. The molecule has 0 spiro atoms. The number of nitrogens with zero attached hydrogens (tertiary/aromatic N) is 1. The van der Waals surface area contributed by atoms with Gasteiger partial charge in [-0.05, 0) is 5.92 Å². The van der Waals surface area contributed by atoms with E-state index in [1.165, 1.54) is 25.7 Å². The van der Waals surface area contributed by atoms with Crippen LogP contribution >= 0.6 is 0 Å². The fourth-order valence-electron chi connectivity index (χ4n) is 1.60. The summed E-state index contributed by atoms with van der Waals surface area (Å²) in [5.41, 5.74) is 5.60. The molecule has 0 amide bonds. The van der Waals surface area contributed by atoms with Gasteiger partial charge in [0.05, 0.1) is 5.84 Å². The molecule has 0 aromatic heterocycles. The van der Waals surface area contributed by atoms with Crippen molar-refractivity contribution < 1.29 is 0 Å². The van der Waals surface area contributed by atoms with Crippen molar-refractivity contribution in [2.24, 2.45) is 16.6 Å². The van der Waals surface area contributed by atoms with Gasteiger partial charge in [0.15, 0.2) is 0 Å². The quantitative estimate of drug-likeness (QED) is 0.458. The monoisotopic (exact) mass is 140 g/mol. The Hall–Kier alpha value is -0.530. The summed E-state index contributed by atoms with van der Waals surface area (Å²) in [5, 5.41) is 0. The minimum Gasteiger partial charge on any atom is -0.387 e. The molecule has 1 aliphatic carbocycles. The SMILES string of the molecule is CN=C(N)CC1CCCC1. The average Bonchev–Trinajstić information content (AvgIpc) is 2.40. The van der Waals surface area contributed by atoms with Crippen LogP contribution in [0.2, 0.25) is 0 Å². The molecular weight excluding hydrogens is 124 g/mol. The average molecular weight is 140 g/mol. The van der Waals surface area contributed by atoms with Crippen molar-refractivity contribution in [3.63, 3.8) is 0 Å². The smallest absolute Gasteiger partial charge is 0.0936 e. The van der Waals surface area contributed by atoms with E-state index in [0.717, 1.165) is 18.2 Å². The first kappa shape index (κ1) is 7.58. The first-order valence-electron chi connectivity index (χ1n) is 4.04. The summed E-state index contributed by atoms with van der Waals surface area (Å²) in [6, 6.07) is 0. The Bertz CT molecular complexity index is 123. The Morgan fingerprint density at radius 1 is 1.50 bits per heavy atom. The zero-order valence-corrected chi connectivity index (χ0v) is 6.64. The van der Waals surface area contributed by atoms with Gasteiger partial charge >= 0.3 is 0 Å². The van der Waals surface area contributed by atoms with Gasteiger partial charge in [-0.3, -0.25) is 4.99 Å². The van der Waals surface area contributed by atoms with E-state index < -0.39 is 0 Å². The van der Waals surface area contributed by atoms with E-state index in [1.807, 2.05) is 0 Å². The summed E-state index contributed by atoms with van der Waals surface area (Å²) in [7, 11) is 1.77. The molecule has 0 aromatic carbocycles. The first-order chi connectivity index (χ1) is 4.83. The second-order valence-corrected chi connectivity index (χ2v) is 3.07. The largest absolute Gasteiger partial charge is 0.387 e. The molecule has 0 radical (unpaired) electrons. The van der Waals surface area contributed by atoms with E-state index in [-0.39, 0.29) is 0 Å². The number of hydrogen-bond acceptors (Lipinski definition) is 1. The third kappa shape index (κ3) is 2.01. The molecule has 0 unspecified atom stereocenters. The first-order valence-corrected chi connectivity index (χ1v) is 4.04. The highest BCUT2D eigenvalue weighted by Gasteiger charge is 2.15. The molecule has 0 aliphatic heterocycles. The number of rotatable bonds is 2. The van der Waals surface area contributed by atoms with Gasteiger partial charge in [-0.15, -0.1) is 0 Å². The number of amidine groups is 1. The number of aliphatic imine (C=N–C) groups is 1. The third-order valence-corrected chi connectivity index (χ3v) is 2.26. The van der Waals surface area contributed by atoms with E-state index in [2.05, 4.69) is 4.99 Å². The third-order valence-electron chi connectivity index (χ3n) is 2.26. The molecule has 2 nitrogen and oxygen atoms in total. The molecule has 2 N–H and O–H groups in total. The lowest BCUT2D eigenvalue weighted by molar-refractivity contribution is 0.571. The predicted octanol–water partition coefficient (Wildman–Crippen LogP) is 1.55. The van der Waals surface area contributed by atoms with Crippen LogP contribution in [0.5, 0.6) is 0 Å². The number of hydrogen-bond donors (Lipinski definition) is 1. The fourth-order valence-corrected chi connectivity index (χ4v) is 1.60.